The minimum atomic E-state index is 0.451. The summed E-state index contributed by atoms with van der Waals surface area (Å²) in [4.78, 5) is 1.28. The van der Waals surface area contributed by atoms with Crippen molar-refractivity contribution in [3.63, 3.8) is 0 Å². The van der Waals surface area contributed by atoms with E-state index in [0.29, 0.717) is 6.04 Å². The maximum atomic E-state index is 5.91. The molecule has 0 saturated carbocycles. The molecule has 1 unspecified atom stereocenters. The predicted octanol–water partition coefficient (Wildman–Crippen LogP) is 4.88. The molecule has 1 aromatic heterocycles. The lowest BCUT2D eigenvalue weighted by Gasteiger charge is -2.13. The molecule has 1 atom stereocenters. The lowest BCUT2D eigenvalue weighted by Crippen LogP contribution is -2.27. The molecule has 0 spiro atoms. The lowest BCUT2D eigenvalue weighted by atomic mass is 10.1. The van der Waals surface area contributed by atoms with Crippen LogP contribution in [0.4, 0.5) is 0 Å². The number of rotatable bonds is 5. The van der Waals surface area contributed by atoms with Crippen molar-refractivity contribution in [1.29, 1.82) is 0 Å². The largest absolute Gasteiger partial charge is 0.309 e. The Labute approximate surface area is 125 Å². The molecule has 1 nitrogen and oxygen atoms in total. The normalized spacial score (nSPS) is 12.6. The molecule has 0 fully saturated rings. The topological polar surface area (TPSA) is 12.0 Å². The predicted molar refractivity (Wildman–Crippen MR) is 83.5 cm³/mol. The third kappa shape index (κ3) is 4.39. The molecule has 2 rings (SSSR count). The summed E-state index contributed by atoms with van der Waals surface area (Å²) in [7, 11) is 0. The summed E-state index contributed by atoms with van der Waals surface area (Å²) < 4.78 is 1.98. The summed E-state index contributed by atoms with van der Waals surface area (Å²) in [6, 6.07) is 13.0. The van der Waals surface area contributed by atoms with E-state index in [1.807, 2.05) is 6.07 Å². The Morgan fingerprint density at radius 3 is 2.56 bits per heavy atom. The third-order valence-corrected chi connectivity index (χ3v) is 4.47. The van der Waals surface area contributed by atoms with Crippen LogP contribution in [0.25, 0.3) is 0 Å². The molecule has 0 amide bonds. The van der Waals surface area contributed by atoms with Crippen LogP contribution in [-0.2, 0) is 13.0 Å². The van der Waals surface area contributed by atoms with Gasteiger partial charge in [0.25, 0.3) is 0 Å². The highest BCUT2D eigenvalue weighted by molar-refractivity contribution is 9.10. The number of nitrogens with one attached hydrogen (secondary N) is 1. The van der Waals surface area contributed by atoms with Crippen LogP contribution in [0.2, 0.25) is 4.34 Å². The van der Waals surface area contributed by atoms with E-state index < -0.39 is 0 Å². The van der Waals surface area contributed by atoms with Crippen molar-refractivity contribution in [2.75, 3.05) is 0 Å². The van der Waals surface area contributed by atoms with Crippen LogP contribution in [0.15, 0.2) is 40.9 Å². The van der Waals surface area contributed by atoms with Gasteiger partial charge < -0.3 is 5.32 Å². The molecule has 0 aliphatic rings. The van der Waals surface area contributed by atoms with Crippen molar-refractivity contribution in [3.05, 3.63) is 55.6 Å². The van der Waals surface area contributed by atoms with Crippen molar-refractivity contribution >= 4 is 38.9 Å². The summed E-state index contributed by atoms with van der Waals surface area (Å²) in [5.74, 6) is 0. The van der Waals surface area contributed by atoms with Crippen LogP contribution in [0, 0.1) is 0 Å². The van der Waals surface area contributed by atoms with Gasteiger partial charge >= 0.3 is 0 Å². The number of hydrogen-bond donors (Lipinski definition) is 1. The summed E-state index contributed by atoms with van der Waals surface area (Å²) >= 11 is 11.0. The molecule has 1 aromatic carbocycles. The van der Waals surface area contributed by atoms with Gasteiger partial charge in [0.15, 0.2) is 0 Å². The minimum Gasteiger partial charge on any atom is -0.309 e. The Balaban J connectivity index is 1.81. The Kier molecular flexibility index (Phi) is 5.25. The van der Waals surface area contributed by atoms with Crippen LogP contribution in [0.5, 0.6) is 0 Å². The molecule has 0 aliphatic heterocycles. The van der Waals surface area contributed by atoms with Crippen molar-refractivity contribution < 1.29 is 0 Å². The van der Waals surface area contributed by atoms with Gasteiger partial charge in [-0.25, -0.2) is 0 Å². The van der Waals surface area contributed by atoms with Crippen LogP contribution in [-0.4, -0.2) is 6.04 Å². The average molecular weight is 345 g/mol. The molecule has 0 bridgehead atoms. The summed E-state index contributed by atoms with van der Waals surface area (Å²) in [5, 5.41) is 3.52. The molecular weight excluding hydrogens is 330 g/mol. The highest BCUT2D eigenvalue weighted by Gasteiger charge is 2.04. The van der Waals surface area contributed by atoms with Crippen molar-refractivity contribution in [2.45, 2.75) is 25.9 Å². The Morgan fingerprint density at radius 1 is 1.22 bits per heavy atom. The summed E-state index contributed by atoms with van der Waals surface area (Å²) in [6.45, 7) is 3.09. The second kappa shape index (κ2) is 6.71. The minimum absolute atomic E-state index is 0.451. The summed E-state index contributed by atoms with van der Waals surface area (Å²) in [5.41, 5.74) is 1.35. The van der Waals surface area contributed by atoms with Gasteiger partial charge in [-0.3, -0.25) is 0 Å². The zero-order valence-corrected chi connectivity index (χ0v) is 13.3. The van der Waals surface area contributed by atoms with E-state index in [-0.39, 0.29) is 0 Å². The molecule has 0 radical (unpaired) electrons. The molecule has 0 aliphatic carbocycles. The smallest absolute Gasteiger partial charge is 0.0931 e. The SMILES string of the molecule is CC(Cc1ccc(Br)cc1)NCc1ccc(Cl)s1. The van der Waals surface area contributed by atoms with E-state index in [2.05, 4.69) is 58.5 Å². The zero-order chi connectivity index (χ0) is 13.0. The van der Waals surface area contributed by atoms with Crippen molar-refractivity contribution in [3.8, 4) is 0 Å². The molecule has 4 heteroatoms. The first-order valence-electron chi connectivity index (χ1n) is 5.85. The molecular formula is C14H15BrClNS. The van der Waals surface area contributed by atoms with Gasteiger partial charge in [0, 0.05) is 21.9 Å². The molecule has 1 heterocycles. The number of benzene rings is 1. The third-order valence-electron chi connectivity index (χ3n) is 2.71. The first-order chi connectivity index (χ1) is 8.63. The van der Waals surface area contributed by atoms with Crippen LogP contribution in [0.3, 0.4) is 0 Å². The number of thiophene rings is 1. The van der Waals surface area contributed by atoms with Gasteiger partial charge in [-0.05, 0) is 43.2 Å². The van der Waals surface area contributed by atoms with E-state index in [1.165, 1.54) is 10.4 Å². The van der Waals surface area contributed by atoms with Crippen molar-refractivity contribution in [1.82, 2.24) is 5.32 Å². The van der Waals surface area contributed by atoms with Crippen LogP contribution < -0.4 is 5.32 Å². The van der Waals surface area contributed by atoms with E-state index in [0.717, 1.165) is 21.8 Å². The Morgan fingerprint density at radius 2 is 1.94 bits per heavy atom. The quantitative estimate of drug-likeness (QED) is 0.814. The molecule has 18 heavy (non-hydrogen) atoms. The maximum Gasteiger partial charge on any atom is 0.0931 e. The van der Waals surface area contributed by atoms with Crippen LogP contribution in [0.1, 0.15) is 17.4 Å². The van der Waals surface area contributed by atoms with Gasteiger partial charge in [-0.2, -0.15) is 0 Å². The molecule has 1 N–H and O–H groups in total. The van der Waals surface area contributed by atoms with Gasteiger partial charge in [-0.15, -0.1) is 11.3 Å². The lowest BCUT2D eigenvalue weighted by molar-refractivity contribution is 0.549. The zero-order valence-electron chi connectivity index (χ0n) is 10.1. The average Bonchev–Trinajstić information content (AvgIpc) is 2.76. The summed E-state index contributed by atoms with van der Waals surface area (Å²) in [6.07, 6.45) is 1.03. The van der Waals surface area contributed by atoms with Gasteiger partial charge in [0.1, 0.15) is 0 Å². The molecule has 96 valence electrons. The van der Waals surface area contributed by atoms with Gasteiger partial charge in [0.05, 0.1) is 4.34 Å². The number of hydrogen-bond acceptors (Lipinski definition) is 2. The Bertz CT molecular complexity index is 495. The Hall–Kier alpha value is -0.350. The second-order valence-electron chi connectivity index (χ2n) is 4.32. The molecule has 2 aromatic rings. The molecule has 0 saturated heterocycles. The standard InChI is InChI=1S/C14H15BrClNS/c1-10(8-11-2-4-12(15)5-3-11)17-9-13-6-7-14(16)18-13/h2-7,10,17H,8-9H2,1H3. The maximum absolute atomic E-state index is 5.91. The van der Waals surface area contributed by atoms with E-state index in [1.54, 1.807) is 11.3 Å². The van der Waals surface area contributed by atoms with Gasteiger partial charge in [0.2, 0.25) is 0 Å². The first kappa shape index (κ1) is 14.1. The fourth-order valence-corrected chi connectivity index (χ4v) is 3.07. The fourth-order valence-electron chi connectivity index (χ4n) is 1.77. The fraction of sp³-hybridized carbons (Fsp3) is 0.286. The van der Waals surface area contributed by atoms with E-state index >= 15 is 0 Å². The monoisotopic (exact) mass is 343 g/mol. The van der Waals surface area contributed by atoms with Crippen molar-refractivity contribution in [2.24, 2.45) is 0 Å². The van der Waals surface area contributed by atoms with Crippen LogP contribution >= 0.6 is 38.9 Å². The van der Waals surface area contributed by atoms with E-state index in [9.17, 15) is 0 Å². The van der Waals surface area contributed by atoms with Gasteiger partial charge in [-0.1, -0.05) is 39.7 Å². The highest BCUT2D eigenvalue weighted by atomic mass is 79.9. The first-order valence-corrected chi connectivity index (χ1v) is 7.84. The van der Waals surface area contributed by atoms with E-state index in [4.69, 9.17) is 11.6 Å². The second-order valence-corrected chi connectivity index (χ2v) is 7.03. The highest BCUT2D eigenvalue weighted by Crippen LogP contribution is 2.21. The number of halogens is 2.